The van der Waals surface area contributed by atoms with Crippen molar-refractivity contribution in [2.75, 3.05) is 5.32 Å². The summed E-state index contributed by atoms with van der Waals surface area (Å²) in [5.74, 6) is 0. The van der Waals surface area contributed by atoms with E-state index in [9.17, 15) is 0 Å². The van der Waals surface area contributed by atoms with Crippen LogP contribution in [0.1, 0.15) is 22.3 Å². The average molecular weight is 237 g/mol. The SMILES string of the molecule is Cc1ccc(C)c(NC2Cc3ccccc3C2)c1. The normalized spacial score (nSPS) is 14.6. The minimum absolute atomic E-state index is 0.544. The second kappa shape index (κ2) is 4.49. The average Bonchev–Trinajstić information content (AvgIpc) is 2.76. The van der Waals surface area contributed by atoms with Gasteiger partial charge < -0.3 is 5.32 Å². The van der Waals surface area contributed by atoms with Crippen molar-refractivity contribution in [1.82, 2.24) is 0 Å². The van der Waals surface area contributed by atoms with Crippen LogP contribution in [-0.2, 0) is 12.8 Å². The molecule has 0 unspecified atom stereocenters. The molecule has 18 heavy (non-hydrogen) atoms. The summed E-state index contributed by atoms with van der Waals surface area (Å²) in [6.45, 7) is 4.32. The van der Waals surface area contributed by atoms with E-state index < -0.39 is 0 Å². The Hall–Kier alpha value is -1.76. The summed E-state index contributed by atoms with van der Waals surface area (Å²) in [7, 11) is 0. The van der Waals surface area contributed by atoms with E-state index in [0.29, 0.717) is 6.04 Å². The number of fused-ring (bicyclic) bond motifs is 1. The smallest absolute Gasteiger partial charge is 0.0374 e. The quantitative estimate of drug-likeness (QED) is 0.835. The molecule has 0 aromatic heterocycles. The Labute approximate surface area is 109 Å². The molecule has 2 aromatic carbocycles. The second-order valence-electron chi connectivity index (χ2n) is 5.34. The van der Waals surface area contributed by atoms with Gasteiger partial charge in [0.05, 0.1) is 0 Å². The van der Waals surface area contributed by atoms with Crippen LogP contribution in [0, 0.1) is 13.8 Å². The van der Waals surface area contributed by atoms with Crippen LogP contribution in [-0.4, -0.2) is 6.04 Å². The van der Waals surface area contributed by atoms with Crippen molar-refractivity contribution in [3.05, 3.63) is 64.7 Å². The predicted molar refractivity (Wildman–Crippen MR) is 77.2 cm³/mol. The highest BCUT2D eigenvalue weighted by Crippen LogP contribution is 2.26. The van der Waals surface area contributed by atoms with Gasteiger partial charge in [0.2, 0.25) is 0 Å². The zero-order valence-electron chi connectivity index (χ0n) is 11.0. The predicted octanol–water partition coefficient (Wildman–Crippen LogP) is 3.88. The fraction of sp³-hybridized carbons (Fsp3) is 0.294. The van der Waals surface area contributed by atoms with Crippen LogP contribution in [0.5, 0.6) is 0 Å². The molecular formula is C17H19N. The Balaban J connectivity index is 1.78. The minimum Gasteiger partial charge on any atom is -0.381 e. The van der Waals surface area contributed by atoms with Crippen LogP contribution in [0.3, 0.4) is 0 Å². The molecule has 1 nitrogen and oxygen atoms in total. The molecule has 0 heterocycles. The van der Waals surface area contributed by atoms with Gasteiger partial charge in [0.25, 0.3) is 0 Å². The molecule has 0 saturated heterocycles. The first-order valence-electron chi connectivity index (χ1n) is 6.63. The number of anilines is 1. The Morgan fingerprint density at radius 2 is 1.61 bits per heavy atom. The molecule has 0 spiro atoms. The summed E-state index contributed by atoms with van der Waals surface area (Å²) in [6.07, 6.45) is 2.28. The van der Waals surface area contributed by atoms with Gasteiger partial charge in [-0.2, -0.15) is 0 Å². The summed E-state index contributed by atoms with van der Waals surface area (Å²) >= 11 is 0. The number of nitrogens with one attached hydrogen (secondary N) is 1. The summed E-state index contributed by atoms with van der Waals surface area (Å²) in [4.78, 5) is 0. The highest BCUT2D eigenvalue weighted by atomic mass is 14.9. The van der Waals surface area contributed by atoms with E-state index in [4.69, 9.17) is 0 Å². The van der Waals surface area contributed by atoms with E-state index in [0.717, 1.165) is 12.8 Å². The highest BCUT2D eigenvalue weighted by molar-refractivity contribution is 5.54. The third kappa shape index (κ3) is 2.13. The van der Waals surface area contributed by atoms with Gasteiger partial charge in [0, 0.05) is 11.7 Å². The highest BCUT2D eigenvalue weighted by Gasteiger charge is 2.20. The first kappa shape index (κ1) is 11.3. The van der Waals surface area contributed by atoms with Gasteiger partial charge >= 0.3 is 0 Å². The summed E-state index contributed by atoms with van der Waals surface area (Å²) in [5, 5.41) is 3.70. The van der Waals surface area contributed by atoms with Crippen molar-refractivity contribution in [3.8, 4) is 0 Å². The van der Waals surface area contributed by atoms with E-state index in [1.165, 1.54) is 27.9 Å². The minimum atomic E-state index is 0.544. The van der Waals surface area contributed by atoms with Gasteiger partial charge in [-0.15, -0.1) is 0 Å². The van der Waals surface area contributed by atoms with Crippen LogP contribution in [0.2, 0.25) is 0 Å². The van der Waals surface area contributed by atoms with Gasteiger partial charge in [-0.05, 0) is 55.0 Å². The molecule has 0 amide bonds. The molecule has 92 valence electrons. The van der Waals surface area contributed by atoms with Crippen molar-refractivity contribution >= 4 is 5.69 Å². The van der Waals surface area contributed by atoms with Crippen LogP contribution in [0.15, 0.2) is 42.5 Å². The van der Waals surface area contributed by atoms with Crippen LogP contribution in [0.25, 0.3) is 0 Å². The van der Waals surface area contributed by atoms with Crippen molar-refractivity contribution < 1.29 is 0 Å². The lowest BCUT2D eigenvalue weighted by Gasteiger charge is -2.16. The number of benzene rings is 2. The molecule has 1 aliphatic carbocycles. The van der Waals surface area contributed by atoms with Gasteiger partial charge in [0.15, 0.2) is 0 Å². The Morgan fingerprint density at radius 1 is 0.944 bits per heavy atom. The van der Waals surface area contributed by atoms with E-state index in [1.807, 2.05) is 0 Å². The number of hydrogen-bond donors (Lipinski definition) is 1. The molecule has 1 aliphatic rings. The van der Waals surface area contributed by atoms with Crippen LogP contribution in [0.4, 0.5) is 5.69 Å². The second-order valence-corrected chi connectivity index (χ2v) is 5.34. The Morgan fingerprint density at radius 3 is 2.28 bits per heavy atom. The number of rotatable bonds is 2. The van der Waals surface area contributed by atoms with Crippen molar-refractivity contribution in [2.24, 2.45) is 0 Å². The maximum atomic E-state index is 3.70. The molecule has 0 atom stereocenters. The molecule has 1 heteroatoms. The fourth-order valence-corrected chi connectivity index (χ4v) is 2.77. The van der Waals surface area contributed by atoms with Crippen molar-refractivity contribution in [3.63, 3.8) is 0 Å². The Bertz CT molecular complexity index is 547. The lowest BCUT2D eigenvalue weighted by atomic mass is 10.1. The van der Waals surface area contributed by atoms with E-state index in [1.54, 1.807) is 0 Å². The molecule has 0 aliphatic heterocycles. The lowest BCUT2D eigenvalue weighted by Crippen LogP contribution is -2.20. The van der Waals surface area contributed by atoms with Gasteiger partial charge in [-0.1, -0.05) is 36.4 Å². The summed E-state index contributed by atoms with van der Waals surface area (Å²) < 4.78 is 0. The molecule has 0 radical (unpaired) electrons. The molecule has 0 saturated carbocycles. The monoisotopic (exact) mass is 237 g/mol. The van der Waals surface area contributed by atoms with Crippen molar-refractivity contribution in [2.45, 2.75) is 32.7 Å². The molecule has 2 aromatic rings. The zero-order valence-corrected chi connectivity index (χ0v) is 11.0. The van der Waals surface area contributed by atoms with Gasteiger partial charge in [-0.3, -0.25) is 0 Å². The standard InChI is InChI=1S/C17H19N/c1-12-7-8-13(2)17(9-12)18-16-10-14-5-3-4-6-15(14)11-16/h3-9,16,18H,10-11H2,1-2H3. The summed E-state index contributed by atoms with van der Waals surface area (Å²) in [6, 6.07) is 15.9. The number of aryl methyl sites for hydroxylation is 2. The van der Waals surface area contributed by atoms with E-state index in [2.05, 4.69) is 61.6 Å². The maximum absolute atomic E-state index is 3.70. The van der Waals surface area contributed by atoms with E-state index >= 15 is 0 Å². The fourth-order valence-electron chi connectivity index (χ4n) is 2.77. The molecule has 0 bridgehead atoms. The third-order valence-electron chi connectivity index (χ3n) is 3.80. The van der Waals surface area contributed by atoms with Crippen LogP contribution >= 0.6 is 0 Å². The van der Waals surface area contributed by atoms with Gasteiger partial charge in [0.1, 0.15) is 0 Å². The first-order chi connectivity index (χ1) is 8.72. The molecular weight excluding hydrogens is 218 g/mol. The molecule has 1 N–H and O–H groups in total. The Kier molecular flexibility index (Phi) is 2.83. The number of hydrogen-bond acceptors (Lipinski definition) is 1. The third-order valence-corrected chi connectivity index (χ3v) is 3.80. The lowest BCUT2D eigenvalue weighted by molar-refractivity contribution is 0.773. The van der Waals surface area contributed by atoms with Gasteiger partial charge in [-0.25, -0.2) is 0 Å². The van der Waals surface area contributed by atoms with Crippen molar-refractivity contribution in [1.29, 1.82) is 0 Å². The molecule has 3 rings (SSSR count). The first-order valence-corrected chi connectivity index (χ1v) is 6.63. The maximum Gasteiger partial charge on any atom is 0.0374 e. The largest absolute Gasteiger partial charge is 0.381 e. The van der Waals surface area contributed by atoms with E-state index in [-0.39, 0.29) is 0 Å². The summed E-state index contributed by atoms with van der Waals surface area (Å²) in [5.41, 5.74) is 6.93. The topological polar surface area (TPSA) is 12.0 Å². The van der Waals surface area contributed by atoms with Crippen LogP contribution < -0.4 is 5.32 Å². The molecule has 0 fully saturated rings. The zero-order chi connectivity index (χ0) is 12.5.